The molecule has 1 unspecified atom stereocenters. The van der Waals surface area contributed by atoms with Crippen molar-refractivity contribution in [3.63, 3.8) is 0 Å². The first kappa shape index (κ1) is 11.4. The fourth-order valence-electron chi connectivity index (χ4n) is 0.943. The van der Waals surface area contributed by atoms with Gasteiger partial charge in [-0.1, -0.05) is 0 Å². The van der Waals surface area contributed by atoms with Crippen molar-refractivity contribution in [2.24, 2.45) is 5.73 Å². The highest BCUT2D eigenvalue weighted by Crippen LogP contribution is 2.15. The summed E-state index contributed by atoms with van der Waals surface area (Å²) < 4.78 is 0.981. The minimum atomic E-state index is -0.249. The second-order valence-corrected chi connectivity index (χ2v) is 3.94. The summed E-state index contributed by atoms with van der Waals surface area (Å²) in [6.07, 6.45) is 0. The van der Waals surface area contributed by atoms with E-state index >= 15 is 0 Å². The molecule has 0 aliphatic heterocycles. The van der Waals surface area contributed by atoms with E-state index in [-0.39, 0.29) is 12.6 Å². The van der Waals surface area contributed by atoms with Crippen molar-refractivity contribution in [2.45, 2.75) is 13.0 Å². The van der Waals surface area contributed by atoms with Gasteiger partial charge in [0.2, 0.25) is 0 Å². The van der Waals surface area contributed by atoms with Gasteiger partial charge < -0.3 is 16.2 Å². The average Bonchev–Trinajstić information content (AvgIpc) is 2.19. The van der Waals surface area contributed by atoms with Gasteiger partial charge in [0.1, 0.15) is 5.82 Å². The summed E-state index contributed by atoms with van der Waals surface area (Å²) in [5.41, 5.74) is 6.46. The van der Waals surface area contributed by atoms with Gasteiger partial charge in [-0.25, -0.2) is 4.98 Å². The number of halogens is 1. The third-order valence-corrected chi connectivity index (χ3v) is 2.64. The van der Waals surface area contributed by atoms with E-state index in [1.807, 2.05) is 19.1 Å². The van der Waals surface area contributed by atoms with Crippen LogP contribution in [0.3, 0.4) is 0 Å². The van der Waals surface area contributed by atoms with Gasteiger partial charge in [-0.2, -0.15) is 0 Å². The van der Waals surface area contributed by atoms with Crippen LogP contribution < -0.4 is 11.1 Å². The lowest BCUT2D eigenvalue weighted by molar-refractivity contribution is 0.270. The molecule has 4 N–H and O–H groups in total. The highest BCUT2D eigenvalue weighted by Gasteiger charge is 2.01. The molecule has 0 radical (unpaired) electrons. The van der Waals surface area contributed by atoms with Crippen LogP contribution in [0.2, 0.25) is 0 Å². The number of aliphatic hydroxyl groups excluding tert-OH is 1. The first-order valence-corrected chi connectivity index (χ1v) is 5.16. The highest BCUT2D eigenvalue weighted by molar-refractivity contribution is 9.10. The molecular formula is C9H14BrN3O. The molecule has 0 fully saturated rings. The molecule has 0 saturated carbocycles. The molecule has 0 saturated heterocycles. The zero-order chi connectivity index (χ0) is 10.6. The van der Waals surface area contributed by atoms with Crippen molar-refractivity contribution in [1.82, 2.24) is 4.98 Å². The second-order valence-electron chi connectivity index (χ2n) is 3.09. The highest BCUT2D eigenvalue weighted by atomic mass is 79.9. The van der Waals surface area contributed by atoms with Crippen LogP contribution in [0, 0.1) is 6.92 Å². The van der Waals surface area contributed by atoms with E-state index in [9.17, 15) is 0 Å². The van der Waals surface area contributed by atoms with Gasteiger partial charge in [0, 0.05) is 17.1 Å². The minimum Gasteiger partial charge on any atom is -0.395 e. The van der Waals surface area contributed by atoms with E-state index in [0.29, 0.717) is 6.54 Å². The molecule has 4 nitrogen and oxygen atoms in total. The third-order valence-electron chi connectivity index (χ3n) is 1.80. The topological polar surface area (TPSA) is 71.2 Å². The first-order valence-electron chi connectivity index (χ1n) is 4.37. The largest absolute Gasteiger partial charge is 0.395 e. The molecule has 0 aliphatic carbocycles. The number of anilines is 1. The van der Waals surface area contributed by atoms with E-state index in [0.717, 1.165) is 16.0 Å². The Morgan fingerprint density at radius 2 is 2.36 bits per heavy atom. The monoisotopic (exact) mass is 259 g/mol. The lowest BCUT2D eigenvalue weighted by atomic mass is 10.3. The Balaban J connectivity index is 2.55. The van der Waals surface area contributed by atoms with Crippen LogP contribution in [0.5, 0.6) is 0 Å². The molecule has 0 spiro atoms. The van der Waals surface area contributed by atoms with Crippen molar-refractivity contribution < 1.29 is 5.11 Å². The predicted octanol–water partition coefficient (Wildman–Crippen LogP) is 0.884. The van der Waals surface area contributed by atoms with Crippen LogP contribution in [-0.4, -0.2) is 29.3 Å². The van der Waals surface area contributed by atoms with E-state index < -0.39 is 0 Å². The first-order chi connectivity index (χ1) is 6.63. The van der Waals surface area contributed by atoms with Crippen LogP contribution in [0.25, 0.3) is 0 Å². The molecule has 0 bridgehead atoms. The number of aliphatic hydroxyl groups is 1. The number of aryl methyl sites for hydroxylation is 1. The quantitative estimate of drug-likeness (QED) is 0.751. The van der Waals surface area contributed by atoms with Gasteiger partial charge in [0.25, 0.3) is 0 Å². The number of hydrogen-bond acceptors (Lipinski definition) is 4. The van der Waals surface area contributed by atoms with E-state index in [2.05, 4.69) is 26.2 Å². The van der Waals surface area contributed by atoms with E-state index in [1.165, 1.54) is 0 Å². The normalized spacial score (nSPS) is 12.6. The molecule has 0 amide bonds. The summed E-state index contributed by atoms with van der Waals surface area (Å²) in [7, 11) is 0. The van der Waals surface area contributed by atoms with Gasteiger partial charge in [-0.15, -0.1) is 0 Å². The number of nitrogens with one attached hydrogen (secondary N) is 1. The average molecular weight is 260 g/mol. The van der Waals surface area contributed by atoms with Crippen molar-refractivity contribution in [1.29, 1.82) is 0 Å². The summed E-state index contributed by atoms with van der Waals surface area (Å²) in [6, 6.07) is 3.54. The summed E-state index contributed by atoms with van der Waals surface area (Å²) in [5.74, 6) is 0.773. The van der Waals surface area contributed by atoms with E-state index in [1.54, 1.807) is 0 Å². The molecule has 1 heterocycles. The summed E-state index contributed by atoms with van der Waals surface area (Å²) >= 11 is 3.37. The number of nitrogens with zero attached hydrogens (tertiary/aromatic N) is 1. The smallest absolute Gasteiger partial charge is 0.126 e. The van der Waals surface area contributed by atoms with Crippen LogP contribution >= 0.6 is 15.9 Å². The fraction of sp³-hybridized carbons (Fsp3) is 0.444. The van der Waals surface area contributed by atoms with Gasteiger partial charge >= 0.3 is 0 Å². The number of aromatic nitrogens is 1. The SMILES string of the molecule is Cc1nc(NCC(N)CO)ccc1Br. The van der Waals surface area contributed by atoms with Crippen LogP contribution in [0.1, 0.15) is 5.69 Å². The Morgan fingerprint density at radius 3 is 2.93 bits per heavy atom. The molecule has 0 aliphatic rings. The van der Waals surface area contributed by atoms with Crippen LogP contribution in [-0.2, 0) is 0 Å². The predicted molar refractivity (Wildman–Crippen MR) is 60.2 cm³/mol. The Morgan fingerprint density at radius 1 is 1.64 bits per heavy atom. The summed E-state index contributed by atoms with van der Waals surface area (Å²) in [5, 5.41) is 11.8. The molecule has 1 aromatic heterocycles. The molecule has 0 aromatic carbocycles. The lowest BCUT2D eigenvalue weighted by Gasteiger charge is -2.10. The van der Waals surface area contributed by atoms with E-state index in [4.69, 9.17) is 10.8 Å². The zero-order valence-corrected chi connectivity index (χ0v) is 9.58. The van der Waals surface area contributed by atoms with Crippen molar-refractivity contribution >= 4 is 21.7 Å². The Hall–Kier alpha value is -0.650. The number of hydrogen-bond donors (Lipinski definition) is 3. The van der Waals surface area contributed by atoms with Gasteiger partial charge in [-0.3, -0.25) is 0 Å². The Bertz CT molecular complexity index is 306. The second kappa shape index (κ2) is 5.29. The van der Waals surface area contributed by atoms with Gasteiger partial charge in [0.05, 0.1) is 12.3 Å². The lowest BCUT2D eigenvalue weighted by Crippen LogP contribution is -2.32. The molecule has 78 valence electrons. The zero-order valence-electron chi connectivity index (χ0n) is 8.00. The Kier molecular flexibility index (Phi) is 4.31. The number of rotatable bonds is 4. The summed E-state index contributed by atoms with van der Waals surface area (Å²) in [4.78, 5) is 4.28. The number of nitrogens with two attached hydrogens (primary N) is 1. The maximum Gasteiger partial charge on any atom is 0.126 e. The molecule has 1 aromatic rings. The number of pyridine rings is 1. The summed E-state index contributed by atoms with van der Waals surface area (Å²) in [6.45, 7) is 2.41. The van der Waals surface area contributed by atoms with Crippen molar-refractivity contribution in [2.75, 3.05) is 18.5 Å². The molecular weight excluding hydrogens is 246 g/mol. The van der Waals surface area contributed by atoms with Crippen LogP contribution in [0.15, 0.2) is 16.6 Å². The molecule has 1 rings (SSSR count). The van der Waals surface area contributed by atoms with Crippen molar-refractivity contribution in [3.8, 4) is 0 Å². The standard InChI is InChI=1S/C9H14BrN3O/c1-6-8(10)2-3-9(13-6)12-4-7(11)5-14/h2-3,7,14H,4-5,11H2,1H3,(H,12,13). The molecule has 14 heavy (non-hydrogen) atoms. The van der Waals surface area contributed by atoms with Gasteiger partial charge in [-0.05, 0) is 35.0 Å². The Labute approximate surface area is 91.7 Å². The third kappa shape index (κ3) is 3.25. The maximum absolute atomic E-state index is 8.72. The minimum absolute atomic E-state index is 0.0253. The van der Waals surface area contributed by atoms with Crippen LogP contribution in [0.4, 0.5) is 5.82 Å². The van der Waals surface area contributed by atoms with Gasteiger partial charge in [0.15, 0.2) is 0 Å². The molecule has 5 heteroatoms. The fourth-order valence-corrected chi connectivity index (χ4v) is 1.16. The molecule has 1 atom stereocenters. The maximum atomic E-state index is 8.72. The van der Waals surface area contributed by atoms with Crippen molar-refractivity contribution in [3.05, 3.63) is 22.3 Å².